The van der Waals surface area contributed by atoms with E-state index in [-0.39, 0.29) is 5.56 Å². The van der Waals surface area contributed by atoms with Crippen molar-refractivity contribution in [3.63, 3.8) is 0 Å². The van der Waals surface area contributed by atoms with E-state index < -0.39 is 5.97 Å². The van der Waals surface area contributed by atoms with E-state index in [2.05, 4.69) is 0 Å². The van der Waals surface area contributed by atoms with E-state index in [0.29, 0.717) is 5.00 Å². The van der Waals surface area contributed by atoms with Gasteiger partial charge in [-0.2, -0.15) is 0 Å². The van der Waals surface area contributed by atoms with Crippen LogP contribution in [0.1, 0.15) is 24.2 Å². The Balaban J connectivity index is 0. The largest absolute Gasteiger partial charge is 0.478 e. The molecule has 0 amide bonds. The number of nitrogen functional groups attached to an aromatic ring is 1. The van der Waals surface area contributed by atoms with Crippen LogP contribution in [0, 0.1) is 10.8 Å². The normalized spacial score (nSPS) is 7.33. The van der Waals surface area contributed by atoms with Crippen molar-refractivity contribution in [1.29, 1.82) is 10.8 Å². The van der Waals surface area contributed by atoms with Crippen molar-refractivity contribution in [1.82, 2.24) is 0 Å². The van der Waals surface area contributed by atoms with E-state index in [1.54, 1.807) is 5.38 Å². The molecular formula is C9H15N3O2S. The number of carboxylic acid groups (broad SMARTS) is 1. The summed E-state index contributed by atoms with van der Waals surface area (Å²) in [5.41, 5.74) is 5.47. The Kier molecular flexibility index (Phi) is 10.9. The van der Waals surface area contributed by atoms with E-state index in [4.69, 9.17) is 21.7 Å². The minimum absolute atomic E-state index is 0.194. The standard InChI is InChI=1S/C5H5NO2S.C2H4N2.C2H6/c6-4-3(5(7)8)1-2-9-4;3-1-2-4;1-2/h1-2H,6H2,(H,7,8);1-4H;1-2H3. The second kappa shape index (κ2) is 10.4. The summed E-state index contributed by atoms with van der Waals surface area (Å²) < 4.78 is 0. The molecule has 0 radical (unpaired) electrons. The summed E-state index contributed by atoms with van der Waals surface area (Å²) in [6.07, 6.45) is 1.83. The number of carboxylic acids is 1. The lowest BCUT2D eigenvalue weighted by Crippen LogP contribution is -1.96. The number of nitrogens with one attached hydrogen (secondary N) is 2. The second-order valence-corrected chi connectivity index (χ2v) is 2.78. The molecule has 1 heterocycles. The van der Waals surface area contributed by atoms with Gasteiger partial charge in [0, 0.05) is 12.4 Å². The molecule has 1 aromatic rings. The smallest absolute Gasteiger partial charge is 0.338 e. The van der Waals surface area contributed by atoms with Gasteiger partial charge in [0.1, 0.15) is 5.00 Å². The molecule has 0 unspecified atom stereocenters. The van der Waals surface area contributed by atoms with E-state index in [0.717, 1.165) is 12.4 Å². The molecule has 0 fully saturated rings. The molecule has 5 N–H and O–H groups in total. The molecular weight excluding hydrogens is 214 g/mol. The summed E-state index contributed by atoms with van der Waals surface area (Å²) in [7, 11) is 0. The van der Waals surface area contributed by atoms with Gasteiger partial charge < -0.3 is 21.7 Å². The maximum atomic E-state index is 10.2. The van der Waals surface area contributed by atoms with Gasteiger partial charge in [0.15, 0.2) is 0 Å². The highest BCUT2D eigenvalue weighted by molar-refractivity contribution is 7.14. The quantitative estimate of drug-likeness (QED) is 0.584. The van der Waals surface area contributed by atoms with Gasteiger partial charge in [-0.05, 0) is 11.4 Å². The minimum atomic E-state index is -0.964. The third-order valence-electron chi connectivity index (χ3n) is 1.01. The molecule has 0 aliphatic heterocycles. The molecule has 0 bridgehead atoms. The number of hydrogen-bond donors (Lipinski definition) is 4. The molecule has 84 valence electrons. The molecule has 1 rings (SSSR count). The fraction of sp³-hybridized carbons (Fsp3) is 0.222. The van der Waals surface area contributed by atoms with Crippen LogP contribution < -0.4 is 5.73 Å². The van der Waals surface area contributed by atoms with Crippen molar-refractivity contribution in [2.75, 3.05) is 5.73 Å². The number of carbonyl (C=O) groups is 1. The van der Waals surface area contributed by atoms with Gasteiger partial charge >= 0.3 is 5.97 Å². The number of thiophene rings is 1. The fourth-order valence-electron chi connectivity index (χ4n) is 0.498. The van der Waals surface area contributed by atoms with E-state index in [1.165, 1.54) is 17.4 Å². The van der Waals surface area contributed by atoms with Crippen molar-refractivity contribution in [2.45, 2.75) is 13.8 Å². The van der Waals surface area contributed by atoms with Crippen LogP contribution in [0.3, 0.4) is 0 Å². The van der Waals surface area contributed by atoms with Crippen molar-refractivity contribution in [2.24, 2.45) is 0 Å². The fourth-order valence-corrected chi connectivity index (χ4v) is 1.13. The highest BCUT2D eigenvalue weighted by atomic mass is 32.1. The van der Waals surface area contributed by atoms with Gasteiger partial charge in [-0.25, -0.2) is 4.79 Å². The summed E-state index contributed by atoms with van der Waals surface area (Å²) in [4.78, 5) is 10.2. The number of nitrogens with two attached hydrogens (primary N) is 1. The van der Waals surface area contributed by atoms with Gasteiger partial charge in [0.05, 0.1) is 5.56 Å². The molecule has 0 atom stereocenters. The molecule has 5 nitrogen and oxygen atoms in total. The van der Waals surface area contributed by atoms with Crippen LogP contribution in [-0.4, -0.2) is 23.5 Å². The Bertz CT molecular complexity index is 304. The van der Waals surface area contributed by atoms with Crippen LogP contribution in [0.25, 0.3) is 0 Å². The number of rotatable bonds is 2. The Morgan fingerprint density at radius 3 is 2.07 bits per heavy atom. The zero-order chi connectivity index (χ0) is 12.3. The molecule has 0 saturated carbocycles. The molecule has 15 heavy (non-hydrogen) atoms. The van der Waals surface area contributed by atoms with Crippen molar-refractivity contribution in [3.05, 3.63) is 17.0 Å². The summed E-state index contributed by atoms with van der Waals surface area (Å²) >= 11 is 1.23. The van der Waals surface area contributed by atoms with E-state index >= 15 is 0 Å². The van der Waals surface area contributed by atoms with E-state index in [9.17, 15) is 4.79 Å². The third-order valence-corrected chi connectivity index (χ3v) is 1.75. The molecule has 1 aromatic heterocycles. The summed E-state index contributed by atoms with van der Waals surface area (Å²) in [6.45, 7) is 4.00. The van der Waals surface area contributed by atoms with Crippen LogP contribution in [0.5, 0.6) is 0 Å². The molecule has 6 heteroatoms. The van der Waals surface area contributed by atoms with Crippen LogP contribution in [-0.2, 0) is 0 Å². The highest BCUT2D eigenvalue weighted by Gasteiger charge is 2.06. The zero-order valence-electron chi connectivity index (χ0n) is 8.65. The Morgan fingerprint density at radius 1 is 1.47 bits per heavy atom. The first-order chi connectivity index (χ1) is 7.13. The summed E-state index contributed by atoms with van der Waals surface area (Å²) in [6, 6.07) is 1.49. The average molecular weight is 229 g/mol. The van der Waals surface area contributed by atoms with Gasteiger partial charge in [0.2, 0.25) is 0 Å². The monoisotopic (exact) mass is 229 g/mol. The number of hydrogen-bond acceptors (Lipinski definition) is 5. The van der Waals surface area contributed by atoms with Crippen LogP contribution in [0.4, 0.5) is 5.00 Å². The lowest BCUT2D eigenvalue weighted by molar-refractivity contribution is 0.0698. The van der Waals surface area contributed by atoms with Gasteiger partial charge in [-0.3, -0.25) is 0 Å². The summed E-state index contributed by atoms with van der Waals surface area (Å²) in [5, 5.41) is 22.6. The Labute approximate surface area is 92.6 Å². The molecule has 0 aromatic carbocycles. The van der Waals surface area contributed by atoms with Gasteiger partial charge in [0.25, 0.3) is 0 Å². The SMILES string of the molecule is CC.N=CC=N.Nc1sccc1C(=O)O. The highest BCUT2D eigenvalue weighted by Crippen LogP contribution is 2.17. The van der Waals surface area contributed by atoms with Gasteiger partial charge in [-0.1, -0.05) is 13.8 Å². The topological polar surface area (TPSA) is 111 Å². The van der Waals surface area contributed by atoms with Crippen molar-refractivity contribution < 1.29 is 9.90 Å². The molecule has 0 saturated heterocycles. The predicted molar refractivity (Wildman–Crippen MR) is 64.6 cm³/mol. The predicted octanol–water partition coefficient (Wildman–Crippen LogP) is 2.34. The number of anilines is 1. The first-order valence-electron chi connectivity index (χ1n) is 4.19. The average Bonchev–Trinajstić information content (AvgIpc) is 2.68. The first kappa shape index (κ1) is 15.8. The van der Waals surface area contributed by atoms with Crippen molar-refractivity contribution >= 4 is 34.7 Å². The Morgan fingerprint density at radius 2 is 1.93 bits per heavy atom. The van der Waals surface area contributed by atoms with Crippen LogP contribution in [0.2, 0.25) is 0 Å². The Hall–Kier alpha value is -1.69. The molecule has 0 aliphatic rings. The molecule has 0 aliphatic carbocycles. The lowest BCUT2D eigenvalue weighted by Gasteiger charge is -1.86. The number of aromatic carboxylic acids is 1. The van der Waals surface area contributed by atoms with Crippen molar-refractivity contribution in [3.8, 4) is 0 Å². The van der Waals surface area contributed by atoms with Crippen LogP contribution >= 0.6 is 11.3 Å². The summed E-state index contributed by atoms with van der Waals surface area (Å²) in [5.74, 6) is -0.964. The lowest BCUT2D eigenvalue weighted by atomic mass is 10.3. The van der Waals surface area contributed by atoms with Gasteiger partial charge in [-0.15, -0.1) is 11.3 Å². The van der Waals surface area contributed by atoms with E-state index in [1.807, 2.05) is 13.8 Å². The zero-order valence-corrected chi connectivity index (χ0v) is 9.47. The maximum Gasteiger partial charge on any atom is 0.338 e. The minimum Gasteiger partial charge on any atom is -0.478 e. The third kappa shape index (κ3) is 7.39. The molecule has 0 spiro atoms. The first-order valence-corrected chi connectivity index (χ1v) is 5.07. The maximum absolute atomic E-state index is 10.2. The second-order valence-electron chi connectivity index (χ2n) is 1.84. The van der Waals surface area contributed by atoms with Crippen LogP contribution in [0.15, 0.2) is 11.4 Å².